The summed E-state index contributed by atoms with van der Waals surface area (Å²) in [5.74, 6) is 0.268. The minimum Gasteiger partial charge on any atom is -0.489 e. The second-order valence-electron chi connectivity index (χ2n) is 5.92. The fraction of sp³-hybridized carbons (Fsp3) is 0.0455. The molecule has 0 fully saturated rings. The molecule has 0 aliphatic heterocycles. The largest absolute Gasteiger partial charge is 0.489 e. The van der Waals surface area contributed by atoms with Gasteiger partial charge in [-0.3, -0.25) is 0 Å². The number of benzene rings is 3. The molecule has 140 valence electrons. The van der Waals surface area contributed by atoms with Gasteiger partial charge in [0, 0.05) is 0 Å². The maximum Gasteiger partial charge on any atom is 0.216 e. The highest BCUT2D eigenvalue weighted by molar-refractivity contribution is 7.95. The Bertz CT molecular complexity index is 1120. The quantitative estimate of drug-likeness (QED) is 0.567. The molecule has 0 aliphatic rings. The van der Waals surface area contributed by atoms with E-state index in [1.54, 1.807) is 60.7 Å². The first kappa shape index (κ1) is 19.3. The minimum absolute atomic E-state index is 0.0713. The first-order valence-corrected chi connectivity index (χ1v) is 9.86. The van der Waals surface area contributed by atoms with E-state index in [1.807, 2.05) is 0 Å². The number of hydrogen-bond donors (Lipinski definition) is 0. The molecule has 4 nitrogen and oxygen atoms in total. The highest BCUT2D eigenvalue weighted by Gasteiger charge is 2.20. The lowest BCUT2D eigenvalue weighted by Gasteiger charge is -2.07. The Morgan fingerprint density at radius 2 is 1.61 bits per heavy atom. The van der Waals surface area contributed by atoms with Crippen LogP contribution in [0.1, 0.15) is 11.1 Å². The van der Waals surface area contributed by atoms with Crippen LogP contribution in [0.25, 0.3) is 6.08 Å². The molecule has 0 amide bonds. The van der Waals surface area contributed by atoms with Gasteiger partial charge in [0.05, 0.1) is 4.90 Å². The molecule has 0 unspecified atom stereocenters. The van der Waals surface area contributed by atoms with Gasteiger partial charge in [-0.2, -0.15) is 5.26 Å². The molecule has 28 heavy (non-hydrogen) atoms. The lowest BCUT2D eigenvalue weighted by molar-refractivity contribution is 0.306. The van der Waals surface area contributed by atoms with E-state index >= 15 is 0 Å². The lowest BCUT2D eigenvalue weighted by Crippen LogP contribution is -2.03. The number of nitrogens with zero attached hydrogens (tertiary/aromatic N) is 1. The number of hydrogen-bond acceptors (Lipinski definition) is 4. The first-order valence-electron chi connectivity index (χ1n) is 8.38. The van der Waals surface area contributed by atoms with E-state index in [9.17, 15) is 18.1 Å². The van der Waals surface area contributed by atoms with Gasteiger partial charge in [-0.05, 0) is 53.6 Å². The molecule has 0 N–H and O–H groups in total. The van der Waals surface area contributed by atoms with Gasteiger partial charge in [-0.1, -0.05) is 42.5 Å². The minimum atomic E-state index is -3.87. The standard InChI is InChI=1S/C22H16FNO3S/c23-19-10-6-18(7-11-19)16-27-20-12-8-17(9-13-20)14-22(15-24)28(25,26)21-4-2-1-3-5-21/h1-14H,16H2/b22-14+. The Morgan fingerprint density at radius 3 is 2.21 bits per heavy atom. The summed E-state index contributed by atoms with van der Waals surface area (Å²) >= 11 is 0. The number of rotatable bonds is 6. The molecule has 3 rings (SSSR count). The van der Waals surface area contributed by atoms with E-state index in [0.717, 1.165) is 5.56 Å². The number of allylic oxidation sites excluding steroid dienone is 1. The van der Waals surface area contributed by atoms with Crippen LogP contribution in [0.3, 0.4) is 0 Å². The number of sulfone groups is 1. The molecule has 3 aromatic carbocycles. The van der Waals surface area contributed by atoms with E-state index in [-0.39, 0.29) is 22.2 Å². The number of ether oxygens (including phenoxy) is 1. The van der Waals surface area contributed by atoms with Crippen LogP contribution >= 0.6 is 0 Å². The summed E-state index contributed by atoms with van der Waals surface area (Å²) in [6.07, 6.45) is 1.33. The van der Waals surface area contributed by atoms with Crippen molar-refractivity contribution in [2.24, 2.45) is 0 Å². The molecule has 0 heterocycles. The fourth-order valence-electron chi connectivity index (χ4n) is 2.46. The van der Waals surface area contributed by atoms with Crippen LogP contribution in [0.5, 0.6) is 5.75 Å². The lowest BCUT2D eigenvalue weighted by atomic mass is 10.2. The van der Waals surface area contributed by atoms with Crippen molar-refractivity contribution in [3.8, 4) is 11.8 Å². The summed E-state index contributed by atoms with van der Waals surface area (Å²) in [4.78, 5) is -0.263. The number of nitriles is 1. The van der Waals surface area contributed by atoms with Crippen LogP contribution in [-0.4, -0.2) is 8.42 Å². The van der Waals surface area contributed by atoms with Gasteiger partial charge in [0.25, 0.3) is 0 Å². The molecule has 0 spiro atoms. The van der Waals surface area contributed by atoms with Crippen molar-refractivity contribution in [2.75, 3.05) is 0 Å². The highest BCUT2D eigenvalue weighted by atomic mass is 32.2. The second-order valence-corrected chi connectivity index (χ2v) is 7.84. The summed E-state index contributed by atoms with van der Waals surface area (Å²) in [6.45, 7) is 0.279. The molecule has 0 atom stereocenters. The second kappa shape index (κ2) is 8.51. The Kier molecular flexibility index (Phi) is 5.87. The summed E-state index contributed by atoms with van der Waals surface area (Å²) in [7, 11) is -3.87. The third-order valence-electron chi connectivity index (χ3n) is 3.95. The third kappa shape index (κ3) is 4.64. The zero-order valence-electron chi connectivity index (χ0n) is 14.7. The summed E-state index contributed by atoms with van der Waals surface area (Å²) < 4.78 is 43.7. The highest BCUT2D eigenvalue weighted by Crippen LogP contribution is 2.22. The summed E-state index contributed by atoms with van der Waals surface area (Å²) in [5.41, 5.74) is 1.39. The number of halogens is 1. The normalized spacial score (nSPS) is 11.6. The molecular weight excluding hydrogens is 377 g/mol. The van der Waals surface area contributed by atoms with Gasteiger partial charge < -0.3 is 4.74 Å². The zero-order chi connectivity index (χ0) is 20.0. The van der Waals surface area contributed by atoms with Crippen LogP contribution in [0.15, 0.2) is 88.7 Å². The van der Waals surface area contributed by atoms with Crippen molar-refractivity contribution in [3.05, 3.63) is 101 Å². The maximum atomic E-state index is 12.9. The van der Waals surface area contributed by atoms with Crippen molar-refractivity contribution < 1.29 is 17.5 Å². The van der Waals surface area contributed by atoms with Gasteiger partial charge in [-0.25, -0.2) is 12.8 Å². The SMILES string of the molecule is N#C/C(=C\c1ccc(OCc2ccc(F)cc2)cc1)S(=O)(=O)c1ccccc1. The molecule has 0 aromatic heterocycles. The van der Waals surface area contributed by atoms with Crippen LogP contribution < -0.4 is 4.74 Å². The van der Waals surface area contributed by atoms with E-state index < -0.39 is 9.84 Å². The smallest absolute Gasteiger partial charge is 0.216 e. The predicted octanol–water partition coefficient (Wildman–Crippen LogP) is 4.74. The summed E-state index contributed by atoms with van der Waals surface area (Å²) in [5, 5.41) is 9.32. The van der Waals surface area contributed by atoms with Crippen molar-refractivity contribution in [1.82, 2.24) is 0 Å². The Hall–Kier alpha value is -3.43. The molecule has 0 bridgehead atoms. The average molecular weight is 393 g/mol. The summed E-state index contributed by atoms with van der Waals surface area (Å²) in [6, 6.07) is 22.3. The molecule has 0 radical (unpaired) electrons. The van der Waals surface area contributed by atoms with Crippen LogP contribution in [0.2, 0.25) is 0 Å². The fourth-order valence-corrected chi connectivity index (χ4v) is 3.64. The van der Waals surface area contributed by atoms with Gasteiger partial charge in [0.1, 0.15) is 29.1 Å². The van der Waals surface area contributed by atoms with Crippen molar-refractivity contribution in [1.29, 1.82) is 5.26 Å². The molecule has 0 saturated carbocycles. The van der Waals surface area contributed by atoms with Crippen molar-refractivity contribution >= 4 is 15.9 Å². The topological polar surface area (TPSA) is 67.2 Å². The van der Waals surface area contributed by atoms with Crippen LogP contribution in [0, 0.1) is 17.1 Å². The van der Waals surface area contributed by atoms with Crippen LogP contribution in [0.4, 0.5) is 4.39 Å². The van der Waals surface area contributed by atoms with Crippen molar-refractivity contribution in [2.45, 2.75) is 11.5 Å². The third-order valence-corrected chi connectivity index (χ3v) is 5.63. The monoisotopic (exact) mass is 393 g/mol. The van der Waals surface area contributed by atoms with E-state index in [0.29, 0.717) is 11.3 Å². The molecule has 0 saturated heterocycles. The average Bonchev–Trinajstić information content (AvgIpc) is 2.73. The molecular formula is C22H16FNO3S. The maximum absolute atomic E-state index is 12.9. The predicted molar refractivity (Wildman–Crippen MR) is 104 cm³/mol. The van der Waals surface area contributed by atoms with Gasteiger partial charge >= 0.3 is 0 Å². The van der Waals surface area contributed by atoms with Crippen LogP contribution in [-0.2, 0) is 16.4 Å². The van der Waals surface area contributed by atoms with Gasteiger partial charge in [-0.15, -0.1) is 0 Å². The van der Waals surface area contributed by atoms with Gasteiger partial charge in [0.2, 0.25) is 9.84 Å². The molecule has 3 aromatic rings. The van der Waals surface area contributed by atoms with Crippen molar-refractivity contribution in [3.63, 3.8) is 0 Å². The Balaban J connectivity index is 1.75. The van der Waals surface area contributed by atoms with E-state index in [2.05, 4.69) is 0 Å². The van der Waals surface area contributed by atoms with E-state index in [4.69, 9.17) is 4.74 Å². The molecule has 0 aliphatic carbocycles. The Labute approximate surface area is 163 Å². The first-order chi connectivity index (χ1) is 13.5. The zero-order valence-corrected chi connectivity index (χ0v) is 15.6. The molecule has 6 heteroatoms. The van der Waals surface area contributed by atoms with E-state index in [1.165, 1.54) is 30.3 Å². The Morgan fingerprint density at radius 1 is 0.964 bits per heavy atom. The van der Waals surface area contributed by atoms with Gasteiger partial charge in [0.15, 0.2) is 0 Å².